The number of aromatic nitrogens is 2. The highest BCUT2D eigenvalue weighted by molar-refractivity contribution is 6.35. The summed E-state index contributed by atoms with van der Waals surface area (Å²) in [6.45, 7) is 9.07. The molecule has 386 valence electrons. The highest BCUT2D eigenvalue weighted by atomic mass is 35.5. The smallest absolute Gasteiger partial charge is 0.255 e. The summed E-state index contributed by atoms with van der Waals surface area (Å²) in [6, 6.07) is 16.5. The molecule has 2 fully saturated rings. The van der Waals surface area contributed by atoms with Crippen molar-refractivity contribution in [2.24, 2.45) is 0 Å². The molecule has 4 heterocycles. The molecule has 0 aliphatic carbocycles. The predicted molar refractivity (Wildman–Crippen MR) is 270 cm³/mol. The first-order chi connectivity index (χ1) is 35.4. The van der Waals surface area contributed by atoms with E-state index in [0.717, 1.165) is 5.56 Å². The maximum absolute atomic E-state index is 16.9. The third-order valence-electron chi connectivity index (χ3n) is 12.8. The van der Waals surface area contributed by atoms with E-state index >= 15 is 4.39 Å². The standard InChI is InChI=1S/C52H58ClFN8O11/c1-3-44(65)60-14-16-61(17-15-60)49-40-31-41(53)46(39-30-35(63)28-33-6-4-5-7-37(33)39)47(54)48(40)57-52(58-49)55-13-12-45(66)59(2)18-19-69-20-21-70-22-23-71-24-25-72-26-27-73-36-8-9-38-34(29-36)32-62(51(38)68)42-10-11-43(64)56-50(42)67/h3-9,28-31,42,63H,1,10-27,32H2,2H3,(H,55,57,58)(H,56,64,67). The largest absolute Gasteiger partial charge is 0.508 e. The molecule has 2 saturated heterocycles. The van der Waals surface area contributed by atoms with Crippen LogP contribution in [-0.2, 0) is 44.7 Å². The van der Waals surface area contributed by atoms with Crippen molar-refractivity contribution >= 4 is 74.6 Å². The van der Waals surface area contributed by atoms with Crippen molar-refractivity contribution < 1.29 is 57.2 Å². The van der Waals surface area contributed by atoms with Gasteiger partial charge in [-0.05, 0) is 70.8 Å². The Kier molecular flexibility index (Phi) is 17.7. The lowest BCUT2D eigenvalue weighted by Gasteiger charge is -2.35. The number of benzene rings is 4. The molecule has 5 amide bonds. The van der Waals surface area contributed by atoms with E-state index in [1.807, 2.05) is 29.2 Å². The molecular weight excluding hydrogens is 967 g/mol. The number of anilines is 2. The second-order valence-corrected chi connectivity index (χ2v) is 18.0. The second kappa shape index (κ2) is 24.6. The molecule has 1 atom stereocenters. The molecule has 3 N–H and O–H groups in total. The SMILES string of the molecule is C=CC(=O)N1CCN(c2nc(NCCC(=O)N(C)CCOCCOCCOCCOCCOc3ccc4c(c3)CN(C3CCC(=O)NC3=O)C4=O)nc3c(F)c(-c4cc(O)cc5ccccc45)c(Cl)cc23)CC1. The van der Waals surface area contributed by atoms with Crippen LogP contribution in [0.25, 0.3) is 32.8 Å². The number of rotatable bonds is 24. The topological polar surface area (TPSA) is 215 Å². The van der Waals surface area contributed by atoms with Crippen molar-refractivity contribution in [3.8, 4) is 22.6 Å². The molecule has 0 saturated carbocycles. The van der Waals surface area contributed by atoms with Gasteiger partial charge in [-0.3, -0.25) is 29.3 Å². The first-order valence-electron chi connectivity index (χ1n) is 24.2. The number of halogens is 2. The van der Waals surface area contributed by atoms with Gasteiger partial charge in [0.15, 0.2) is 5.82 Å². The minimum Gasteiger partial charge on any atom is -0.508 e. The summed E-state index contributed by atoms with van der Waals surface area (Å²) in [5.74, 6) is -0.964. The summed E-state index contributed by atoms with van der Waals surface area (Å²) in [5, 5.41) is 17.9. The third kappa shape index (κ3) is 12.8. The van der Waals surface area contributed by atoms with E-state index in [1.165, 1.54) is 17.0 Å². The zero-order valence-electron chi connectivity index (χ0n) is 40.5. The van der Waals surface area contributed by atoms with Crippen LogP contribution in [0.1, 0.15) is 35.2 Å². The minimum atomic E-state index is -0.693. The van der Waals surface area contributed by atoms with E-state index in [9.17, 15) is 29.1 Å². The molecule has 8 rings (SSSR count). The lowest BCUT2D eigenvalue weighted by Crippen LogP contribution is -2.52. The number of hydrogen-bond donors (Lipinski definition) is 3. The van der Waals surface area contributed by atoms with Crippen LogP contribution in [0.4, 0.5) is 16.2 Å². The number of piperidine rings is 1. The molecule has 3 aliphatic rings. The Bertz CT molecular complexity index is 2870. The number of nitrogens with one attached hydrogen (secondary N) is 2. The molecule has 19 nitrogen and oxygen atoms in total. The van der Waals surface area contributed by atoms with Crippen molar-refractivity contribution in [2.75, 3.05) is 116 Å². The highest BCUT2D eigenvalue weighted by Gasteiger charge is 2.39. The van der Waals surface area contributed by atoms with Crippen LogP contribution in [0.2, 0.25) is 5.02 Å². The number of imide groups is 1. The Hall–Kier alpha value is -6.97. The van der Waals surface area contributed by atoms with Crippen molar-refractivity contribution in [1.29, 1.82) is 0 Å². The van der Waals surface area contributed by atoms with E-state index in [0.29, 0.717) is 137 Å². The summed E-state index contributed by atoms with van der Waals surface area (Å²) in [5.41, 5.74) is 1.77. The Balaban J connectivity index is 0.716. The fourth-order valence-corrected chi connectivity index (χ4v) is 9.23. The van der Waals surface area contributed by atoms with Crippen molar-refractivity contribution in [3.05, 3.63) is 95.3 Å². The first kappa shape index (κ1) is 52.4. The van der Waals surface area contributed by atoms with Crippen LogP contribution >= 0.6 is 11.6 Å². The highest BCUT2D eigenvalue weighted by Crippen LogP contribution is 2.42. The van der Waals surface area contributed by atoms with Crippen molar-refractivity contribution in [2.45, 2.75) is 31.8 Å². The van der Waals surface area contributed by atoms with Gasteiger partial charge in [-0.25, -0.2) is 9.37 Å². The van der Waals surface area contributed by atoms with Crippen LogP contribution in [0.15, 0.2) is 73.3 Å². The number of amides is 5. The molecule has 0 spiro atoms. The van der Waals surface area contributed by atoms with Crippen LogP contribution in [-0.4, -0.2) is 171 Å². The number of nitrogens with zero attached hydrogens (tertiary/aromatic N) is 6. The molecule has 0 bridgehead atoms. The lowest BCUT2D eigenvalue weighted by atomic mass is 9.96. The fraction of sp³-hybridized carbons (Fsp3) is 0.404. The van der Waals surface area contributed by atoms with Crippen LogP contribution in [0.3, 0.4) is 0 Å². The van der Waals surface area contributed by atoms with Gasteiger partial charge in [-0.1, -0.05) is 42.4 Å². The van der Waals surface area contributed by atoms with E-state index in [1.54, 1.807) is 47.2 Å². The molecule has 4 aromatic carbocycles. The van der Waals surface area contributed by atoms with Crippen molar-refractivity contribution in [1.82, 2.24) is 30.0 Å². The maximum Gasteiger partial charge on any atom is 0.255 e. The lowest BCUT2D eigenvalue weighted by molar-refractivity contribution is -0.137. The number of ether oxygens (including phenoxy) is 5. The summed E-state index contributed by atoms with van der Waals surface area (Å²) in [7, 11) is 1.68. The number of piperazine rings is 1. The van der Waals surface area contributed by atoms with Gasteiger partial charge in [0.25, 0.3) is 5.91 Å². The Labute approximate surface area is 426 Å². The van der Waals surface area contributed by atoms with Crippen molar-refractivity contribution in [3.63, 3.8) is 0 Å². The summed E-state index contributed by atoms with van der Waals surface area (Å²) < 4.78 is 45.2. The average molecular weight is 1030 g/mol. The average Bonchev–Trinajstić information content (AvgIpc) is 3.71. The quantitative estimate of drug-likeness (QED) is 0.0424. The maximum atomic E-state index is 16.9. The fourth-order valence-electron chi connectivity index (χ4n) is 8.94. The molecular formula is C52H58ClFN8O11. The Morgan fingerprint density at radius 2 is 1.59 bits per heavy atom. The van der Waals surface area contributed by atoms with Gasteiger partial charge in [0.05, 0.1) is 57.9 Å². The monoisotopic (exact) mass is 1020 g/mol. The third-order valence-corrected chi connectivity index (χ3v) is 13.1. The molecule has 1 unspecified atom stereocenters. The molecule has 0 radical (unpaired) electrons. The van der Waals surface area contributed by atoms with Gasteiger partial charge in [0.2, 0.25) is 29.6 Å². The number of hydrogen-bond acceptors (Lipinski definition) is 15. The second-order valence-electron chi connectivity index (χ2n) is 17.6. The number of aromatic hydroxyl groups is 1. The van der Waals surface area contributed by atoms with E-state index < -0.39 is 17.8 Å². The number of carbonyl (C=O) groups is 5. The van der Waals surface area contributed by atoms with Crippen LogP contribution in [0.5, 0.6) is 11.5 Å². The molecule has 3 aliphatic heterocycles. The van der Waals surface area contributed by atoms with Crippen LogP contribution < -0.4 is 20.3 Å². The van der Waals surface area contributed by atoms with Gasteiger partial charge in [-0.2, -0.15) is 4.98 Å². The zero-order chi connectivity index (χ0) is 51.4. The van der Waals surface area contributed by atoms with E-state index in [2.05, 4.69) is 22.2 Å². The minimum absolute atomic E-state index is 0.00446. The Morgan fingerprint density at radius 1 is 0.890 bits per heavy atom. The van der Waals surface area contributed by atoms with Crippen LogP contribution in [0, 0.1) is 5.82 Å². The molecule has 73 heavy (non-hydrogen) atoms. The summed E-state index contributed by atoms with van der Waals surface area (Å²) in [4.78, 5) is 78.2. The predicted octanol–water partition coefficient (Wildman–Crippen LogP) is 4.95. The number of fused-ring (bicyclic) bond motifs is 3. The van der Waals surface area contributed by atoms with Gasteiger partial charge in [0, 0.05) is 82.2 Å². The number of phenolic OH excluding ortho intramolecular Hbond substituents is 1. The zero-order valence-corrected chi connectivity index (χ0v) is 41.3. The number of carbonyl (C=O) groups excluding carboxylic acids is 5. The summed E-state index contributed by atoms with van der Waals surface area (Å²) in [6.07, 6.45) is 1.87. The number of phenols is 1. The van der Waals surface area contributed by atoms with Gasteiger partial charge in [-0.15, -0.1) is 0 Å². The summed E-state index contributed by atoms with van der Waals surface area (Å²) >= 11 is 6.86. The Morgan fingerprint density at radius 3 is 2.30 bits per heavy atom. The molecule has 1 aromatic heterocycles. The van der Waals surface area contributed by atoms with E-state index in [4.69, 9.17) is 40.3 Å². The van der Waals surface area contributed by atoms with E-state index in [-0.39, 0.29) is 77.4 Å². The first-order valence-corrected chi connectivity index (χ1v) is 24.5. The van der Waals surface area contributed by atoms with Gasteiger partial charge in [0.1, 0.15) is 35.5 Å². The number of likely N-dealkylation sites (N-methyl/N-ethyl adjacent to an activating group) is 1. The molecule has 5 aromatic rings. The molecule has 21 heteroatoms. The van der Waals surface area contributed by atoms with Gasteiger partial charge < -0.3 is 53.7 Å². The van der Waals surface area contributed by atoms with Gasteiger partial charge >= 0.3 is 0 Å². The normalized spacial score (nSPS) is 15.7.